The van der Waals surface area contributed by atoms with Crippen LogP contribution in [0.1, 0.15) is 165 Å². The molecule has 12 aromatic rings. The molecular formula is C74H78ClF6N11O4S6. The third-order valence-electron chi connectivity index (χ3n) is 18.6. The van der Waals surface area contributed by atoms with Gasteiger partial charge in [-0.3, -0.25) is 0 Å². The molecule has 102 heavy (non-hydrogen) atoms. The van der Waals surface area contributed by atoms with Crippen LogP contribution in [0.3, 0.4) is 0 Å². The zero-order valence-corrected chi connectivity index (χ0v) is 63.4. The number of amides is 2. The number of carbonyl (C=O) groups is 2. The molecule has 4 N–H and O–H groups in total. The van der Waals surface area contributed by atoms with Crippen LogP contribution < -0.4 is 16.4 Å². The summed E-state index contributed by atoms with van der Waals surface area (Å²) in [6.07, 6.45) is 16.8. The first-order valence-electron chi connectivity index (χ1n) is 33.9. The van der Waals surface area contributed by atoms with Gasteiger partial charge in [-0.05, 0) is 154 Å². The molecule has 3 aliphatic rings. The van der Waals surface area contributed by atoms with Crippen molar-refractivity contribution in [2.45, 2.75) is 174 Å². The van der Waals surface area contributed by atoms with Crippen LogP contribution in [0.2, 0.25) is 5.02 Å². The van der Waals surface area contributed by atoms with Gasteiger partial charge in [-0.1, -0.05) is 57.0 Å². The van der Waals surface area contributed by atoms with E-state index in [-0.39, 0.29) is 64.0 Å². The van der Waals surface area contributed by atoms with Gasteiger partial charge in [-0.15, -0.1) is 68.0 Å². The van der Waals surface area contributed by atoms with Crippen molar-refractivity contribution in [2.24, 2.45) is 5.92 Å². The van der Waals surface area contributed by atoms with Crippen LogP contribution in [-0.4, -0.2) is 88.3 Å². The number of carbonyl (C=O) groups excluding carboxylic acids is 2. The van der Waals surface area contributed by atoms with Crippen molar-refractivity contribution in [1.82, 2.24) is 39.7 Å². The van der Waals surface area contributed by atoms with E-state index in [1.807, 2.05) is 63.5 Å². The van der Waals surface area contributed by atoms with Crippen LogP contribution in [0, 0.1) is 40.8 Å². The topological polar surface area (TPSA) is 187 Å². The van der Waals surface area contributed by atoms with Gasteiger partial charge in [0.25, 0.3) is 0 Å². The van der Waals surface area contributed by atoms with Gasteiger partial charge >= 0.3 is 12.2 Å². The minimum Gasteiger partial charge on any atom is -0.444 e. The number of aromatic nitrogens is 6. The highest BCUT2D eigenvalue weighted by Gasteiger charge is 2.37. The molecule has 15 nitrogen and oxygen atoms in total. The highest BCUT2D eigenvalue weighted by Crippen LogP contribution is 2.46. The first-order chi connectivity index (χ1) is 48.7. The van der Waals surface area contributed by atoms with E-state index in [0.717, 1.165) is 85.6 Å². The fourth-order valence-corrected chi connectivity index (χ4v) is 19.5. The second-order valence-corrected chi connectivity index (χ2v) is 34.1. The summed E-state index contributed by atoms with van der Waals surface area (Å²) in [5, 5.41) is 9.38. The number of nitrogen functional groups attached to an aromatic ring is 1. The van der Waals surface area contributed by atoms with Crippen LogP contribution in [0.5, 0.6) is 0 Å². The smallest absolute Gasteiger partial charge is 0.410 e. The number of nitrogens with two attached hydrogens (primary N) is 1. The van der Waals surface area contributed by atoms with E-state index in [2.05, 4.69) is 73.4 Å². The van der Waals surface area contributed by atoms with Crippen LogP contribution in [-0.2, 0) is 9.47 Å². The predicted octanol–water partition coefficient (Wildman–Crippen LogP) is 23.4. The number of nitrogens with one attached hydrogen (secondary N) is 2. The molecule has 11 heterocycles. The summed E-state index contributed by atoms with van der Waals surface area (Å²) in [5.41, 5.74) is 9.43. The number of thiazole rings is 3. The zero-order valence-electron chi connectivity index (χ0n) is 57.7. The molecule has 9 aromatic heterocycles. The number of hydrogen-bond acceptors (Lipinski definition) is 19. The van der Waals surface area contributed by atoms with Gasteiger partial charge in [-0.25, -0.2) is 65.8 Å². The molecular weight excluding hydrogens is 1450 g/mol. The van der Waals surface area contributed by atoms with Crippen molar-refractivity contribution in [3.05, 3.63) is 144 Å². The molecule has 1 aliphatic carbocycles. The van der Waals surface area contributed by atoms with Gasteiger partial charge in [0, 0.05) is 86.4 Å². The minimum atomic E-state index is -0.772. The third kappa shape index (κ3) is 16.5. The number of anilines is 5. The molecule has 6 unspecified atom stereocenters. The molecule has 6 atom stereocenters. The predicted molar refractivity (Wildman–Crippen MR) is 406 cm³/mol. The van der Waals surface area contributed by atoms with Crippen molar-refractivity contribution in [1.29, 1.82) is 0 Å². The van der Waals surface area contributed by atoms with Gasteiger partial charge in [0.1, 0.15) is 59.3 Å². The SMILES string of the molecule is CC1C(c2cc3c(Cl)ccnc3s2)CCCCN1C(=O)OC(C)(C)C.CC1C(c2cc3c(Nc4c(F)cc5scnc5c4F)ccnc3s2)CCCCN1C(=O)OC(C)(C)C.CC1CCCCCC1c1cc2c(Nc3c(F)cc4scnc4c3F)ccnc2s1.Nc1c(F)cc2scnc2c1F. The average molecular weight is 1530 g/mol. The highest BCUT2D eigenvalue weighted by atomic mass is 35.5. The molecule has 3 fully saturated rings. The maximum atomic E-state index is 15.1. The largest absolute Gasteiger partial charge is 0.444 e. The Balaban J connectivity index is 0.000000135. The van der Waals surface area contributed by atoms with Crippen molar-refractivity contribution in [2.75, 3.05) is 29.5 Å². The molecule has 538 valence electrons. The normalized spacial score (nSPS) is 19.1. The first-order valence-corrected chi connectivity index (χ1v) is 39.4. The number of nitrogens with zero attached hydrogens (tertiary/aromatic N) is 8. The number of thiophene rings is 3. The van der Waals surface area contributed by atoms with Gasteiger partial charge in [-0.2, -0.15) is 0 Å². The van der Waals surface area contributed by atoms with Crippen LogP contribution in [0.25, 0.3) is 61.3 Å². The number of pyridine rings is 3. The molecule has 2 amide bonds. The summed E-state index contributed by atoms with van der Waals surface area (Å²) in [5.74, 6) is -2.59. The summed E-state index contributed by atoms with van der Waals surface area (Å²) in [6, 6.07) is 15.5. The van der Waals surface area contributed by atoms with Crippen molar-refractivity contribution < 1.29 is 45.4 Å². The van der Waals surface area contributed by atoms with Gasteiger partial charge in [0.15, 0.2) is 34.9 Å². The van der Waals surface area contributed by atoms with E-state index in [1.54, 1.807) is 64.7 Å². The van der Waals surface area contributed by atoms with E-state index < -0.39 is 51.8 Å². The van der Waals surface area contributed by atoms with E-state index in [9.17, 15) is 31.5 Å². The molecule has 28 heteroatoms. The summed E-state index contributed by atoms with van der Waals surface area (Å²) < 4.78 is 97.9. The van der Waals surface area contributed by atoms with Crippen LogP contribution in [0.15, 0.2) is 89.7 Å². The Kier molecular flexibility index (Phi) is 22.9. The molecule has 3 aromatic carbocycles. The van der Waals surface area contributed by atoms with Gasteiger partial charge < -0.3 is 35.6 Å². The van der Waals surface area contributed by atoms with Crippen molar-refractivity contribution in [3.63, 3.8) is 0 Å². The number of fused-ring (bicyclic) bond motifs is 6. The number of ether oxygens (including phenoxy) is 2. The van der Waals surface area contributed by atoms with Crippen LogP contribution >= 0.6 is 79.6 Å². The molecule has 15 rings (SSSR count). The van der Waals surface area contributed by atoms with Gasteiger partial charge in [0.05, 0.1) is 47.0 Å². The van der Waals surface area contributed by atoms with E-state index >= 15 is 4.39 Å². The Morgan fingerprint density at radius 2 is 0.882 bits per heavy atom. The minimum absolute atomic E-state index is 0.0613. The number of halogens is 7. The molecule has 2 saturated heterocycles. The Bertz CT molecular complexity index is 5010. The molecule has 0 spiro atoms. The Morgan fingerprint density at radius 1 is 0.500 bits per heavy atom. The first kappa shape index (κ1) is 74.2. The maximum absolute atomic E-state index is 15.1. The van der Waals surface area contributed by atoms with Crippen molar-refractivity contribution >= 4 is 182 Å². The van der Waals surface area contributed by atoms with E-state index in [4.69, 9.17) is 26.8 Å². The zero-order chi connectivity index (χ0) is 72.5. The standard InChI is InChI=1S/C26H28F2N4O2S2.C22H21F2N3S2.C19H25ClN2O2S.C7H4F2N2S/c1-14-15(7-5-6-10-32(14)25(33)34-26(2,3)4)19-11-16-18(8-9-29-24(16)36-19)31-22-17(27)12-20-23(21(22)28)30-13-35-20;1-12-5-3-2-4-6-13(12)17-9-14-16(7-8-25-22(14)29-17)27-20-15(23)10-18-21(19(20)24)26-11-28-18;1-12-13(16-11-14-15(20)8-9-21-17(14)25-16)7-5-6-10-22(12)18(23)24-19(2,3)4;8-3-1-4-7(11-2-12-4)5(9)6(3)10/h8-9,11-15H,5-7,10H2,1-4H3,(H,29,31);7-13H,2-6H2,1H3,(H,25,27);8-9,11-13H,5-7,10H2,1-4H3;1-2H,10H2. The fourth-order valence-electron chi connectivity index (χ4n) is 13.4. The maximum Gasteiger partial charge on any atom is 0.410 e. The second kappa shape index (κ2) is 31.4. The molecule has 1 saturated carbocycles. The lowest BCUT2D eigenvalue weighted by Gasteiger charge is -2.33. The Labute approximate surface area is 615 Å². The van der Waals surface area contributed by atoms with Crippen LogP contribution in [0.4, 0.5) is 64.4 Å². The summed E-state index contributed by atoms with van der Waals surface area (Å²) >= 11 is 14.9. The van der Waals surface area contributed by atoms with Gasteiger partial charge in [0.2, 0.25) is 0 Å². The third-order valence-corrected chi connectivity index (χ3v) is 24.8. The Morgan fingerprint density at radius 3 is 1.33 bits per heavy atom. The number of likely N-dealkylation sites (tertiary alicyclic amines) is 2. The molecule has 0 radical (unpaired) electrons. The lowest BCUT2D eigenvalue weighted by molar-refractivity contribution is 0.0157. The molecule has 2 aliphatic heterocycles. The highest BCUT2D eigenvalue weighted by molar-refractivity contribution is 7.20. The van der Waals surface area contributed by atoms with E-state index in [1.165, 1.54) is 111 Å². The second-order valence-electron chi connectivity index (χ2n) is 27.9. The molecule has 0 bridgehead atoms. The van der Waals surface area contributed by atoms with Crippen molar-refractivity contribution in [3.8, 4) is 0 Å². The average Bonchev–Trinajstić information content (AvgIpc) is 1.59. The Hall–Kier alpha value is -7.53. The number of hydrogen-bond donors (Lipinski definition) is 3. The number of benzene rings is 3. The van der Waals surface area contributed by atoms with E-state index in [0.29, 0.717) is 43.9 Å². The fraction of sp³-hybridized carbons (Fsp3) is 0.405. The number of rotatable bonds is 7. The lowest BCUT2D eigenvalue weighted by Crippen LogP contribution is -2.44. The summed E-state index contributed by atoms with van der Waals surface area (Å²) in [4.78, 5) is 60.8. The summed E-state index contributed by atoms with van der Waals surface area (Å²) in [7, 11) is 0. The quantitative estimate of drug-likeness (QED) is 0.0778. The summed E-state index contributed by atoms with van der Waals surface area (Å²) in [6.45, 7) is 19.2. The monoisotopic (exact) mass is 1530 g/mol. The lowest BCUT2D eigenvalue weighted by atomic mass is 9.88.